The van der Waals surface area contributed by atoms with Crippen molar-refractivity contribution >= 4 is 11.0 Å². The number of alkyl halides is 3. The van der Waals surface area contributed by atoms with Gasteiger partial charge in [-0.25, -0.2) is 4.98 Å². The number of aliphatic hydroxyl groups is 1. The molecule has 2 aromatic rings. The highest BCUT2D eigenvalue weighted by molar-refractivity contribution is 5.82. The average molecular weight is 422 g/mol. The summed E-state index contributed by atoms with van der Waals surface area (Å²) >= 11 is 0. The van der Waals surface area contributed by atoms with Crippen LogP contribution in [0.4, 0.5) is 13.2 Å². The van der Waals surface area contributed by atoms with Crippen molar-refractivity contribution in [2.45, 2.75) is 69.4 Å². The molecule has 1 aromatic heterocycles. The van der Waals surface area contributed by atoms with Gasteiger partial charge in [0.2, 0.25) is 0 Å². The van der Waals surface area contributed by atoms with E-state index in [0.717, 1.165) is 12.5 Å². The number of aromatic nitrogens is 2. The molecule has 2 fully saturated rings. The van der Waals surface area contributed by atoms with Crippen molar-refractivity contribution in [3.05, 3.63) is 24.0 Å². The number of benzene rings is 1. The van der Waals surface area contributed by atoms with Gasteiger partial charge < -0.3 is 19.7 Å². The molecule has 9 heteroatoms. The van der Waals surface area contributed by atoms with E-state index in [0.29, 0.717) is 19.3 Å². The summed E-state index contributed by atoms with van der Waals surface area (Å²) in [6, 6.07) is 4.65. The van der Waals surface area contributed by atoms with E-state index in [1.807, 2.05) is 6.92 Å². The molecule has 0 bridgehead atoms. The molecule has 3 atom stereocenters. The number of ether oxygens (including phenoxy) is 1. The van der Waals surface area contributed by atoms with Gasteiger partial charge in [0.05, 0.1) is 34.6 Å². The lowest BCUT2D eigenvalue weighted by Crippen LogP contribution is -2.46. The summed E-state index contributed by atoms with van der Waals surface area (Å²) in [6.07, 6.45) is -1.02. The van der Waals surface area contributed by atoms with Crippen LogP contribution in [-0.4, -0.2) is 38.9 Å². The first kappa shape index (κ1) is 20.9. The fraction of sp³-hybridized carbons (Fsp3) is 0.619. The summed E-state index contributed by atoms with van der Waals surface area (Å²) in [7, 11) is 0. The van der Waals surface area contributed by atoms with Gasteiger partial charge in [-0.05, 0) is 45.6 Å². The number of hydrogen-bond acceptors (Lipinski definition) is 5. The third kappa shape index (κ3) is 4.12. The van der Waals surface area contributed by atoms with Crippen LogP contribution in [0.25, 0.3) is 11.0 Å². The van der Waals surface area contributed by atoms with E-state index in [2.05, 4.69) is 16.4 Å². The van der Waals surface area contributed by atoms with Crippen LogP contribution in [0.1, 0.15) is 51.1 Å². The Kier molecular flexibility index (Phi) is 5.19. The highest BCUT2D eigenvalue weighted by Gasteiger charge is 2.42. The fourth-order valence-corrected chi connectivity index (χ4v) is 4.70. The van der Waals surface area contributed by atoms with E-state index in [1.54, 1.807) is 6.92 Å². The minimum atomic E-state index is -4.56. The van der Waals surface area contributed by atoms with Crippen LogP contribution < -0.4 is 10.1 Å². The molecule has 4 rings (SSSR count). The standard InChI is InChI=1S/C21H25F3N4O2/c1-12-3-13(9-25)4-14(27-12)10-30-16-5-17(21(22,23)24)19-18(6-16)26-11-28(19)15-7-20(2,29)8-15/h5-6,11-15,27,29H,3-4,7-8,10H2,1-2H3/t12-,13?,14-,15?,20?/m0/s1. The molecule has 1 saturated carbocycles. The first-order chi connectivity index (χ1) is 14.1. The average Bonchev–Trinajstić information content (AvgIpc) is 3.06. The minimum Gasteiger partial charge on any atom is -0.492 e. The van der Waals surface area contributed by atoms with Crippen molar-refractivity contribution in [2.24, 2.45) is 5.92 Å². The van der Waals surface area contributed by atoms with Crippen LogP contribution in [0.2, 0.25) is 0 Å². The van der Waals surface area contributed by atoms with Crippen molar-refractivity contribution in [1.29, 1.82) is 5.26 Å². The van der Waals surface area contributed by atoms with Crippen molar-refractivity contribution in [1.82, 2.24) is 14.9 Å². The number of rotatable bonds is 4. The van der Waals surface area contributed by atoms with E-state index >= 15 is 0 Å². The van der Waals surface area contributed by atoms with Crippen LogP contribution >= 0.6 is 0 Å². The molecule has 1 saturated heterocycles. The van der Waals surface area contributed by atoms with E-state index in [4.69, 9.17) is 4.74 Å². The molecule has 1 aliphatic carbocycles. The van der Waals surface area contributed by atoms with Gasteiger partial charge in [-0.3, -0.25) is 0 Å². The van der Waals surface area contributed by atoms with Crippen molar-refractivity contribution < 1.29 is 23.0 Å². The molecular formula is C21H25F3N4O2. The third-order valence-electron chi connectivity index (χ3n) is 6.05. The summed E-state index contributed by atoms with van der Waals surface area (Å²) in [5, 5.41) is 22.5. The van der Waals surface area contributed by atoms with Gasteiger partial charge in [-0.15, -0.1) is 0 Å². The smallest absolute Gasteiger partial charge is 0.418 e. The number of halogens is 3. The number of fused-ring (bicyclic) bond motifs is 1. The summed E-state index contributed by atoms with van der Waals surface area (Å²) in [4.78, 5) is 4.18. The SMILES string of the molecule is C[C@H]1CC(C#N)C[C@@H](COc2cc(C(F)(F)F)c3c(c2)ncn3C2CC(C)(O)C2)N1. The largest absolute Gasteiger partial charge is 0.492 e. The minimum absolute atomic E-state index is 0.0179. The summed E-state index contributed by atoms with van der Waals surface area (Å²) in [5.41, 5.74) is -1.41. The molecule has 0 amide bonds. The lowest BCUT2D eigenvalue weighted by molar-refractivity contribution is -0.136. The van der Waals surface area contributed by atoms with Gasteiger partial charge in [-0.2, -0.15) is 18.4 Å². The lowest BCUT2D eigenvalue weighted by atomic mass is 9.77. The second-order valence-electron chi connectivity index (χ2n) is 8.92. The van der Waals surface area contributed by atoms with E-state index in [1.165, 1.54) is 17.0 Å². The summed E-state index contributed by atoms with van der Waals surface area (Å²) in [6.45, 7) is 3.84. The predicted octanol–water partition coefficient (Wildman–Crippen LogP) is 3.80. The molecule has 162 valence electrons. The zero-order valence-electron chi connectivity index (χ0n) is 16.9. The number of nitrogens with zero attached hydrogens (tertiary/aromatic N) is 3. The predicted molar refractivity (Wildman–Crippen MR) is 104 cm³/mol. The second-order valence-corrected chi connectivity index (χ2v) is 8.92. The van der Waals surface area contributed by atoms with Gasteiger partial charge in [-0.1, -0.05) is 0 Å². The van der Waals surface area contributed by atoms with Crippen molar-refractivity contribution in [3.63, 3.8) is 0 Å². The molecule has 2 aliphatic rings. The number of imidazole rings is 1. The Hall–Kier alpha value is -2.31. The molecule has 0 spiro atoms. The topological polar surface area (TPSA) is 83.1 Å². The van der Waals surface area contributed by atoms with Crippen molar-refractivity contribution in [2.75, 3.05) is 6.61 Å². The Labute approximate surface area is 172 Å². The molecule has 2 N–H and O–H groups in total. The summed E-state index contributed by atoms with van der Waals surface area (Å²) < 4.78 is 48.8. The Balaban J connectivity index is 1.59. The van der Waals surface area contributed by atoms with E-state index < -0.39 is 17.3 Å². The lowest BCUT2D eigenvalue weighted by Gasteiger charge is -2.41. The first-order valence-electron chi connectivity index (χ1n) is 10.1. The van der Waals surface area contributed by atoms with Crippen LogP contribution in [0.5, 0.6) is 5.75 Å². The number of hydrogen-bond donors (Lipinski definition) is 2. The number of piperidine rings is 1. The van der Waals surface area contributed by atoms with Gasteiger partial charge in [0.25, 0.3) is 0 Å². The zero-order chi connectivity index (χ0) is 21.7. The molecule has 0 radical (unpaired) electrons. The van der Waals surface area contributed by atoms with Crippen LogP contribution in [0.15, 0.2) is 18.5 Å². The van der Waals surface area contributed by atoms with Gasteiger partial charge in [0.15, 0.2) is 0 Å². The zero-order valence-corrected chi connectivity index (χ0v) is 16.9. The van der Waals surface area contributed by atoms with Crippen LogP contribution in [0, 0.1) is 17.2 Å². The normalized spacial score (nSPS) is 31.9. The van der Waals surface area contributed by atoms with Crippen LogP contribution in [-0.2, 0) is 6.18 Å². The molecule has 2 heterocycles. The molecular weight excluding hydrogens is 397 g/mol. The molecule has 1 aliphatic heterocycles. The molecule has 6 nitrogen and oxygen atoms in total. The monoisotopic (exact) mass is 422 g/mol. The van der Waals surface area contributed by atoms with Gasteiger partial charge in [0.1, 0.15) is 12.4 Å². The first-order valence-corrected chi connectivity index (χ1v) is 10.1. The summed E-state index contributed by atoms with van der Waals surface area (Å²) in [5.74, 6) is 0.0210. The van der Waals surface area contributed by atoms with E-state index in [-0.39, 0.29) is 47.4 Å². The number of nitrogens with one attached hydrogen (secondary N) is 1. The fourth-order valence-electron chi connectivity index (χ4n) is 4.70. The highest BCUT2D eigenvalue weighted by Crippen LogP contribution is 2.45. The van der Waals surface area contributed by atoms with Crippen molar-refractivity contribution in [3.8, 4) is 11.8 Å². The number of nitriles is 1. The highest BCUT2D eigenvalue weighted by atomic mass is 19.4. The molecule has 1 unspecified atom stereocenters. The maximum absolute atomic E-state index is 13.8. The Morgan fingerprint density at radius 2 is 2.10 bits per heavy atom. The Morgan fingerprint density at radius 3 is 2.73 bits per heavy atom. The Morgan fingerprint density at radius 1 is 1.37 bits per heavy atom. The maximum atomic E-state index is 13.8. The Bertz CT molecular complexity index is 971. The van der Waals surface area contributed by atoms with Crippen LogP contribution in [0.3, 0.4) is 0 Å². The second kappa shape index (κ2) is 7.43. The molecule has 30 heavy (non-hydrogen) atoms. The van der Waals surface area contributed by atoms with Gasteiger partial charge in [0, 0.05) is 30.1 Å². The molecule has 1 aromatic carbocycles. The maximum Gasteiger partial charge on any atom is 0.418 e. The third-order valence-corrected chi connectivity index (χ3v) is 6.05. The van der Waals surface area contributed by atoms with E-state index in [9.17, 15) is 23.5 Å². The quantitative estimate of drug-likeness (QED) is 0.783. The van der Waals surface area contributed by atoms with Gasteiger partial charge >= 0.3 is 6.18 Å².